The first-order valence-electron chi connectivity index (χ1n) is 19.0. The predicted octanol–water partition coefficient (Wildman–Crippen LogP) is 12.4. The Morgan fingerprint density at radius 2 is 1.13 bits per heavy atom. The average Bonchev–Trinajstić information content (AvgIpc) is 3.63. The van der Waals surface area contributed by atoms with Gasteiger partial charge in [-0.15, -0.1) is 0 Å². The molecule has 0 saturated heterocycles. The highest BCUT2D eigenvalue weighted by atomic mass is 16.3. The van der Waals surface area contributed by atoms with E-state index in [1.807, 2.05) is 114 Å². The summed E-state index contributed by atoms with van der Waals surface area (Å²) in [5, 5.41) is 11.3. The van der Waals surface area contributed by atoms with Gasteiger partial charge in [0.15, 0.2) is 0 Å². The Kier molecular flexibility index (Phi) is 7.34. The molecule has 0 fully saturated rings. The molecular weight excluding hydrogens is 647 g/mol. The lowest BCUT2D eigenvalue weighted by Gasteiger charge is -2.16. The number of hydrogen-bond acceptors (Lipinski definition) is 3. The fraction of sp³-hybridized carbons (Fsp3) is 0.0204. The van der Waals surface area contributed by atoms with Crippen molar-refractivity contribution in [3.05, 3.63) is 194 Å². The molecule has 0 bridgehead atoms. The summed E-state index contributed by atoms with van der Waals surface area (Å²) >= 11 is 0. The third-order valence-electron chi connectivity index (χ3n) is 9.67. The Hall–Kier alpha value is -7.04. The van der Waals surface area contributed by atoms with Crippen molar-refractivity contribution < 1.29 is 9.22 Å². The summed E-state index contributed by atoms with van der Waals surface area (Å²) in [6.45, 7) is -2.30. The molecule has 4 heteroatoms. The van der Waals surface area contributed by atoms with Crippen LogP contribution in [0, 0.1) is 6.85 Å². The molecule has 2 heterocycles. The van der Waals surface area contributed by atoms with Gasteiger partial charge >= 0.3 is 0 Å². The molecule has 4 nitrogen and oxygen atoms in total. The molecule has 0 aliphatic rings. The number of phenols is 1. The van der Waals surface area contributed by atoms with E-state index in [9.17, 15) is 5.11 Å². The first-order valence-corrected chi connectivity index (χ1v) is 17.5. The molecule has 9 aromatic rings. The fourth-order valence-electron chi connectivity index (χ4n) is 7.13. The zero-order valence-corrected chi connectivity index (χ0v) is 28.7. The van der Waals surface area contributed by atoms with Gasteiger partial charge in [0.1, 0.15) is 11.6 Å². The van der Waals surface area contributed by atoms with Gasteiger partial charge in [0.2, 0.25) is 0 Å². The van der Waals surface area contributed by atoms with Crippen LogP contribution in [0.25, 0.3) is 83.9 Å². The first-order chi connectivity index (χ1) is 27.3. The van der Waals surface area contributed by atoms with Crippen molar-refractivity contribution in [1.29, 1.82) is 0 Å². The largest absolute Gasteiger partial charge is 0.507 e. The van der Waals surface area contributed by atoms with E-state index in [0.29, 0.717) is 11.4 Å². The van der Waals surface area contributed by atoms with Crippen molar-refractivity contribution in [2.75, 3.05) is 0 Å². The van der Waals surface area contributed by atoms with Crippen LogP contribution in [0.1, 0.15) is 9.68 Å². The fourth-order valence-corrected chi connectivity index (χ4v) is 7.13. The van der Waals surface area contributed by atoms with Crippen molar-refractivity contribution in [2.45, 2.75) is 6.85 Å². The van der Waals surface area contributed by atoms with Gasteiger partial charge < -0.3 is 5.11 Å². The van der Waals surface area contributed by atoms with E-state index in [1.54, 1.807) is 24.3 Å². The summed E-state index contributed by atoms with van der Waals surface area (Å²) in [6, 6.07) is 59.6. The van der Waals surface area contributed by atoms with E-state index in [4.69, 9.17) is 14.1 Å². The van der Waals surface area contributed by atoms with Crippen LogP contribution in [-0.2, 0) is 0 Å². The smallest absolute Gasteiger partial charge is 0.149 e. The SMILES string of the molecule is [2H]C([2H])([2H])c1ccc(-n2c(-c3ccccc3O)nc3c(-c4cc(-c5ccccc5)cc(-c5cc(-c6ccccc6)ccn5)c4)cccc32)c(-c2ccccc2)c1. The van der Waals surface area contributed by atoms with Crippen molar-refractivity contribution in [2.24, 2.45) is 0 Å². The van der Waals surface area contributed by atoms with Crippen LogP contribution in [-0.4, -0.2) is 19.6 Å². The molecule has 53 heavy (non-hydrogen) atoms. The van der Waals surface area contributed by atoms with Gasteiger partial charge in [-0.2, -0.15) is 0 Å². The second kappa shape index (κ2) is 13.6. The van der Waals surface area contributed by atoms with E-state index >= 15 is 0 Å². The Balaban J connectivity index is 1.31. The monoisotopic (exact) mass is 684 g/mol. The second-order valence-corrected chi connectivity index (χ2v) is 13.0. The van der Waals surface area contributed by atoms with E-state index < -0.39 is 6.85 Å². The van der Waals surface area contributed by atoms with Crippen LogP contribution in [0.15, 0.2) is 188 Å². The van der Waals surface area contributed by atoms with Gasteiger partial charge in [-0.05, 0) is 101 Å². The van der Waals surface area contributed by atoms with Gasteiger partial charge in [0, 0.05) is 27.0 Å². The number of aromatic hydroxyl groups is 1. The molecule has 0 saturated carbocycles. The predicted molar refractivity (Wildman–Crippen MR) is 218 cm³/mol. The molecule has 0 atom stereocenters. The summed E-state index contributed by atoms with van der Waals surface area (Å²) in [5.41, 5.74) is 12.6. The third kappa shape index (κ3) is 6.07. The van der Waals surface area contributed by atoms with E-state index in [2.05, 4.69) is 54.6 Å². The van der Waals surface area contributed by atoms with Gasteiger partial charge in [-0.1, -0.05) is 127 Å². The van der Waals surface area contributed by atoms with Crippen LogP contribution < -0.4 is 0 Å². The summed E-state index contributed by atoms with van der Waals surface area (Å²) in [6.07, 6.45) is 1.86. The molecule has 0 amide bonds. The lowest BCUT2D eigenvalue weighted by molar-refractivity contribution is 0.477. The number of aryl methyl sites for hydroxylation is 1. The Morgan fingerprint density at radius 1 is 0.491 bits per heavy atom. The van der Waals surface area contributed by atoms with Crippen molar-refractivity contribution >= 4 is 11.0 Å². The number of fused-ring (bicyclic) bond motifs is 1. The minimum Gasteiger partial charge on any atom is -0.507 e. The normalized spacial score (nSPS) is 12.3. The Bertz CT molecular complexity index is 2850. The van der Waals surface area contributed by atoms with Gasteiger partial charge in [-0.3, -0.25) is 9.55 Å². The van der Waals surface area contributed by atoms with Crippen LogP contribution in [0.3, 0.4) is 0 Å². The molecule has 7 aromatic carbocycles. The zero-order chi connectivity index (χ0) is 38.2. The van der Waals surface area contributed by atoms with Crippen LogP contribution >= 0.6 is 0 Å². The molecule has 9 rings (SSSR count). The average molecular weight is 685 g/mol. The maximum absolute atomic E-state index is 11.3. The van der Waals surface area contributed by atoms with Crippen molar-refractivity contribution in [1.82, 2.24) is 14.5 Å². The second-order valence-electron chi connectivity index (χ2n) is 13.0. The van der Waals surface area contributed by atoms with Crippen molar-refractivity contribution in [3.8, 4) is 78.6 Å². The standard InChI is InChI=1S/C49H35N3O/c1-33-24-25-45(43(28-33)36-18-9-4-10-19-36)52-46-22-13-21-41(48(46)51-49(52)42-20-11-12-23-47(42)53)39-29-38(35-16-7-3-8-17-35)30-40(31-39)44-32-37(26-27-50-44)34-14-5-2-6-15-34/h2-32,53H,1H3/i1D3. The van der Waals surface area contributed by atoms with Crippen LogP contribution in [0.5, 0.6) is 5.75 Å². The summed E-state index contributed by atoms with van der Waals surface area (Å²) in [5.74, 6) is 0.616. The number of phenolic OH excluding ortho intramolecular Hbond substituents is 1. The first kappa shape index (κ1) is 28.6. The number of hydrogen-bond donors (Lipinski definition) is 1. The number of nitrogens with zero attached hydrogens (tertiary/aromatic N) is 3. The molecule has 0 unspecified atom stereocenters. The lowest BCUT2D eigenvalue weighted by Crippen LogP contribution is -2.01. The number of imidazole rings is 1. The summed E-state index contributed by atoms with van der Waals surface area (Å²) < 4.78 is 26.7. The van der Waals surface area contributed by atoms with E-state index in [1.165, 1.54) is 0 Å². The number of benzene rings is 7. The summed E-state index contributed by atoms with van der Waals surface area (Å²) in [4.78, 5) is 10.2. The van der Waals surface area contributed by atoms with Crippen LogP contribution in [0.2, 0.25) is 0 Å². The molecular formula is C49H35N3O. The van der Waals surface area contributed by atoms with Gasteiger partial charge in [0.25, 0.3) is 0 Å². The Labute approximate surface area is 313 Å². The third-order valence-corrected chi connectivity index (χ3v) is 9.67. The molecule has 0 spiro atoms. The van der Waals surface area contributed by atoms with Gasteiger partial charge in [-0.25, -0.2) is 4.98 Å². The maximum atomic E-state index is 11.3. The zero-order valence-electron chi connectivity index (χ0n) is 31.7. The van der Waals surface area contributed by atoms with Crippen LogP contribution in [0.4, 0.5) is 0 Å². The maximum Gasteiger partial charge on any atom is 0.149 e. The number of para-hydroxylation sites is 2. The van der Waals surface area contributed by atoms with E-state index in [-0.39, 0.29) is 11.3 Å². The number of aromatic nitrogens is 3. The Morgan fingerprint density at radius 3 is 1.87 bits per heavy atom. The molecule has 2 aromatic heterocycles. The van der Waals surface area contributed by atoms with Gasteiger partial charge in [0.05, 0.1) is 28.0 Å². The topological polar surface area (TPSA) is 50.9 Å². The molecule has 1 N–H and O–H groups in total. The van der Waals surface area contributed by atoms with E-state index in [0.717, 1.165) is 72.5 Å². The minimum atomic E-state index is -2.30. The highest BCUT2D eigenvalue weighted by molar-refractivity contribution is 5.98. The minimum absolute atomic E-state index is 0.0868. The van der Waals surface area contributed by atoms with Crippen molar-refractivity contribution in [3.63, 3.8) is 0 Å². The molecule has 252 valence electrons. The quantitative estimate of drug-likeness (QED) is 0.182. The lowest BCUT2D eigenvalue weighted by atomic mass is 9.93. The molecule has 0 radical (unpaired) electrons. The highest BCUT2D eigenvalue weighted by Gasteiger charge is 2.22. The molecule has 0 aliphatic heterocycles. The molecule has 0 aliphatic carbocycles. The number of rotatable bonds is 7. The number of pyridine rings is 1. The highest BCUT2D eigenvalue weighted by Crippen LogP contribution is 2.41. The summed E-state index contributed by atoms with van der Waals surface area (Å²) in [7, 11) is 0.